The van der Waals surface area contributed by atoms with Crippen LogP contribution >= 0.6 is 11.6 Å². The van der Waals surface area contributed by atoms with Crippen LogP contribution in [-0.2, 0) is 4.74 Å². The molecule has 0 atom stereocenters. The molecule has 0 fully saturated rings. The van der Waals surface area contributed by atoms with Crippen LogP contribution in [0.3, 0.4) is 0 Å². The highest BCUT2D eigenvalue weighted by Crippen LogP contribution is 2.20. The van der Waals surface area contributed by atoms with E-state index >= 15 is 0 Å². The summed E-state index contributed by atoms with van der Waals surface area (Å²) in [5, 5.41) is -0.132. The summed E-state index contributed by atoms with van der Waals surface area (Å²) in [6.45, 7) is 1.83. The molecule has 18 heavy (non-hydrogen) atoms. The summed E-state index contributed by atoms with van der Waals surface area (Å²) < 4.78 is 23.0. The Morgan fingerprint density at radius 3 is 3.06 bits per heavy atom. The number of carbonyl (C=O) groups is 1. The van der Waals surface area contributed by atoms with Gasteiger partial charge in [-0.05, 0) is 18.5 Å². The second-order valence-electron chi connectivity index (χ2n) is 3.09. The molecule has 8 heteroatoms. The smallest absolute Gasteiger partial charge is 0.394 e. The minimum absolute atomic E-state index is 0.0415. The van der Waals surface area contributed by atoms with Crippen molar-refractivity contribution in [1.82, 2.24) is 15.0 Å². The molecule has 0 aliphatic rings. The topological polar surface area (TPSA) is 78.1 Å². The molecule has 0 amide bonds. The predicted octanol–water partition coefficient (Wildman–Crippen LogP) is 2.10. The van der Waals surface area contributed by atoms with Crippen molar-refractivity contribution in [2.24, 2.45) is 0 Å². The molecule has 0 aromatic carbocycles. The maximum atomic E-state index is 13.4. The van der Waals surface area contributed by atoms with Crippen LogP contribution in [-0.4, -0.2) is 27.5 Å². The lowest BCUT2D eigenvalue weighted by molar-refractivity contribution is 0.0481. The SMILES string of the molecule is CCOC(=O)c1nc(-c2nc(Cl)ncc2F)co1. The van der Waals surface area contributed by atoms with Crippen LogP contribution in [0.4, 0.5) is 4.39 Å². The van der Waals surface area contributed by atoms with Gasteiger partial charge in [0.2, 0.25) is 5.28 Å². The zero-order chi connectivity index (χ0) is 13.1. The van der Waals surface area contributed by atoms with Crippen molar-refractivity contribution in [3.63, 3.8) is 0 Å². The van der Waals surface area contributed by atoms with E-state index in [0.717, 1.165) is 12.5 Å². The molecule has 6 nitrogen and oxygen atoms in total. The number of halogens is 2. The van der Waals surface area contributed by atoms with E-state index in [1.54, 1.807) is 6.92 Å². The first-order valence-electron chi connectivity index (χ1n) is 4.93. The molecule has 2 aromatic heterocycles. The number of hydrogen-bond acceptors (Lipinski definition) is 6. The summed E-state index contributed by atoms with van der Waals surface area (Å²) in [6, 6.07) is 0. The van der Waals surface area contributed by atoms with E-state index in [2.05, 4.69) is 19.7 Å². The number of hydrogen-bond donors (Lipinski definition) is 0. The van der Waals surface area contributed by atoms with Crippen molar-refractivity contribution in [2.45, 2.75) is 6.92 Å². The number of nitrogens with zero attached hydrogens (tertiary/aromatic N) is 3. The second-order valence-corrected chi connectivity index (χ2v) is 3.43. The molecule has 0 bridgehead atoms. The summed E-state index contributed by atoms with van der Waals surface area (Å²) >= 11 is 5.55. The van der Waals surface area contributed by atoms with Crippen LogP contribution in [0.2, 0.25) is 5.28 Å². The summed E-state index contributed by atoms with van der Waals surface area (Å²) in [5.74, 6) is -1.73. The normalized spacial score (nSPS) is 10.4. The molecule has 94 valence electrons. The predicted molar refractivity (Wildman–Crippen MR) is 58.5 cm³/mol. The van der Waals surface area contributed by atoms with Crippen molar-refractivity contribution in [3.05, 3.63) is 29.5 Å². The van der Waals surface area contributed by atoms with E-state index in [4.69, 9.17) is 16.0 Å². The van der Waals surface area contributed by atoms with Gasteiger partial charge in [0, 0.05) is 0 Å². The first kappa shape index (κ1) is 12.4. The largest absolute Gasteiger partial charge is 0.459 e. The summed E-state index contributed by atoms with van der Waals surface area (Å²) in [6.07, 6.45) is 2.00. The maximum absolute atomic E-state index is 13.4. The zero-order valence-electron chi connectivity index (χ0n) is 9.18. The van der Waals surface area contributed by atoms with Crippen molar-refractivity contribution in [1.29, 1.82) is 0 Å². The quantitative estimate of drug-likeness (QED) is 0.628. The van der Waals surface area contributed by atoms with Crippen molar-refractivity contribution in [3.8, 4) is 11.4 Å². The Labute approximate surface area is 106 Å². The standard InChI is InChI=1S/C10H7ClFN3O3/c1-2-17-9(16)8-14-6(4-18-8)7-5(12)3-13-10(11)15-7/h3-4H,2H2,1H3. The van der Waals surface area contributed by atoms with Gasteiger partial charge in [0.25, 0.3) is 0 Å². The van der Waals surface area contributed by atoms with Crippen LogP contribution in [0, 0.1) is 5.82 Å². The van der Waals surface area contributed by atoms with Crippen LogP contribution in [0.1, 0.15) is 17.6 Å². The molecule has 2 rings (SSSR count). The van der Waals surface area contributed by atoms with E-state index < -0.39 is 11.8 Å². The number of rotatable bonds is 3. The number of oxazole rings is 1. The van der Waals surface area contributed by atoms with Gasteiger partial charge in [-0.3, -0.25) is 0 Å². The van der Waals surface area contributed by atoms with E-state index in [1.807, 2.05) is 0 Å². The number of aromatic nitrogens is 3. The summed E-state index contributed by atoms with van der Waals surface area (Å²) in [5.41, 5.74) is -0.103. The third kappa shape index (κ3) is 2.45. The van der Waals surface area contributed by atoms with Gasteiger partial charge in [0.15, 0.2) is 5.82 Å². The molecular formula is C10H7ClFN3O3. The molecule has 0 saturated carbocycles. The molecular weight excluding hydrogens is 265 g/mol. The van der Waals surface area contributed by atoms with E-state index in [9.17, 15) is 9.18 Å². The molecule has 0 saturated heterocycles. The van der Waals surface area contributed by atoms with Crippen molar-refractivity contribution < 1.29 is 18.3 Å². The zero-order valence-corrected chi connectivity index (χ0v) is 9.94. The Balaban J connectivity index is 2.35. The number of ether oxygens (including phenoxy) is 1. The van der Waals surface area contributed by atoms with Gasteiger partial charge in [-0.1, -0.05) is 0 Å². The first-order chi connectivity index (χ1) is 8.61. The molecule has 0 unspecified atom stereocenters. The molecule has 2 aromatic rings. The lowest BCUT2D eigenvalue weighted by Crippen LogP contribution is -2.04. The van der Waals surface area contributed by atoms with E-state index in [0.29, 0.717) is 0 Å². The van der Waals surface area contributed by atoms with Gasteiger partial charge in [0.1, 0.15) is 17.7 Å². The minimum atomic E-state index is -0.732. The average molecular weight is 272 g/mol. The van der Waals surface area contributed by atoms with Crippen molar-refractivity contribution >= 4 is 17.6 Å². The second kappa shape index (κ2) is 5.09. The van der Waals surface area contributed by atoms with Crippen LogP contribution in [0.15, 0.2) is 16.9 Å². The molecule has 0 N–H and O–H groups in total. The van der Waals surface area contributed by atoms with Gasteiger partial charge in [0.05, 0.1) is 12.8 Å². The van der Waals surface area contributed by atoms with Crippen LogP contribution in [0.25, 0.3) is 11.4 Å². The Kier molecular flexibility index (Phi) is 3.52. The van der Waals surface area contributed by atoms with Crippen molar-refractivity contribution in [2.75, 3.05) is 6.61 Å². The Hall–Kier alpha value is -2.02. The fourth-order valence-corrected chi connectivity index (χ4v) is 1.33. The average Bonchev–Trinajstić information content (AvgIpc) is 2.82. The third-order valence-corrected chi connectivity index (χ3v) is 2.09. The third-order valence-electron chi connectivity index (χ3n) is 1.91. The molecule has 0 aliphatic heterocycles. The highest BCUT2D eigenvalue weighted by atomic mass is 35.5. The van der Waals surface area contributed by atoms with Gasteiger partial charge in [-0.2, -0.15) is 0 Å². The molecule has 0 radical (unpaired) electrons. The van der Waals surface area contributed by atoms with Crippen LogP contribution in [0.5, 0.6) is 0 Å². The fraction of sp³-hybridized carbons (Fsp3) is 0.200. The van der Waals surface area contributed by atoms with Crippen LogP contribution < -0.4 is 0 Å². The lowest BCUT2D eigenvalue weighted by Gasteiger charge is -1.97. The molecule has 0 aliphatic carbocycles. The molecule has 0 spiro atoms. The first-order valence-corrected chi connectivity index (χ1v) is 5.30. The fourth-order valence-electron chi connectivity index (χ4n) is 1.19. The summed E-state index contributed by atoms with van der Waals surface area (Å²) in [4.78, 5) is 22.2. The lowest BCUT2D eigenvalue weighted by atomic mass is 10.3. The Morgan fingerprint density at radius 2 is 2.33 bits per heavy atom. The highest BCUT2D eigenvalue weighted by Gasteiger charge is 2.18. The highest BCUT2D eigenvalue weighted by molar-refractivity contribution is 6.28. The monoisotopic (exact) mass is 271 g/mol. The van der Waals surface area contributed by atoms with Gasteiger partial charge in [-0.15, -0.1) is 0 Å². The minimum Gasteiger partial charge on any atom is -0.459 e. The summed E-state index contributed by atoms with van der Waals surface area (Å²) in [7, 11) is 0. The van der Waals surface area contributed by atoms with E-state index in [-0.39, 0.29) is 29.2 Å². The van der Waals surface area contributed by atoms with Gasteiger partial charge < -0.3 is 9.15 Å². The van der Waals surface area contributed by atoms with Gasteiger partial charge in [-0.25, -0.2) is 24.1 Å². The molecule has 2 heterocycles. The maximum Gasteiger partial charge on any atom is 0.394 e. The van der Waals surface area contributed by atoms with Gasteiger partial charge >= 0.3 is 11.9 Å². The Bertz CT molecular complexity index is 587. The Morgan fingerprint density at radius 1 is 1.56 bits per heavy atom. The number of carbonyl (C=O) groups excluding carboxylic acids is 1. The van der Waals surface area contributed by atoms with E-state index in [1.165, 1.54) is 0 Å². The number of esters is 1.